The lowest BCUT2D eigenvalue weighted by atomic mass is 10.0. The number of ether oxygens (including phenoxy) is 1. The molecule has 0 amide bonds. The molecule has 0 unspecified atom stereocenters. The highest BCUT2D eigenvalue weighted by molar-refractivity contribution is 6.90. The summed E-state index contributed by atoms with van der Waals surface area (Å²) in [7, 11) is -0.289. The predicted octanol–water partition coefficient (Wildman–Crippen LogP) is 5.92. The molecule has 136 valence electrons. The Morgan fingerprint density at radius 1 is 1.08 bits per heavy atom. The number of carbonyl (C=O) groups is 1. The standard InChI is InChI=1S/C22H32O2Si/c1-15(2)25(16(3)4,17(5)6)13-12-18-8-11-20(22(23)24-7)21(14-18)19-9-10-19/h8,11,14-17,19H,9-10H2,1-7H3. The van der Waals surface area contributed by atoms with Gasteiger partial charge >= 0.3 is 5.97 Å². The Labute approximate surface area is 154 Å². The maximum absolute atomic E-state index is 12.0. The minimum absolute atomic E-state index is 0.239. The highest BCUT2D eigenvalue weighted by Gasteiger charge is 2.41. The van der Waals surface area contributed by atoms with Crippen molar-refractivity contribution in [3.05, 3.63) is 34.9 Å². The van der Waals surface area contributed by atoms with Gasteiger partial charge in [-0.25, -0.2) is 4.79 Å². The van der Waals surface area contributed by atoms with Crippen LogP contribution in [0.25, 0.3) is 0 Å². The molecule has 0 spiro atoms. The van der Waals surface area contributed by atoms with Gasteiger partial charge < -0.3 is 4.74 Å². The summed E-state index contributed by atoms with van der Waals surface area (Å²) in [4.78, 5) is 12.0. The molecule has 2 rings (SSSR count). The average molecular weight is 357 g/mol. The normalized spacial score (nSPS) is 14.6. The highest BCUT2D eigenvalue weighted by atomic mass is 28.3. The van der Waals surface area contributed by atoms with Crippen LogP contribution in [0.5, 0.6) is 0 Å². The van der Waals surface area contributed by atoms with Crippen LogP contribution in [-0.4, -0.2) is 21.2 Å². The molecule has 1 aliphatic carbocycles. The SMILES string of the molecule is COC(=O)c1ccc(C#C[Si](C(C)C)(C(C)C)C(C)C)cc1C1CC1. The first-order chi connectivity index (χ1) is 11.7. The van der Waals surface area contributed by atoms with E-state index >= 15 is 0 Å². The molecule has 25 heavy (non-hydrogen) atoms. The molecule has 0 bridgehead atoms. The Kier molecular flexibility index (Phi) is 6.16. The van der Waals surface area contributed by atoms with Crippen molar-refractivity contribution in [2.75, 3.05) is 7.11 Å². The van der Waals surface area contributed by atoms with Crippen molar-refractivity contribution in [1.29, 1.82) is 0 Å². The Balaban J connectivity index is 2.45. The Morgan fingerprint density at radius 3 is 2.08 bits per heavy atom. The molecule has 1 aliphatic rings. The molecule has 1 saturated carbocycles. The van der Waals surface area contributed by atoms with E-state index in [1.807, 2.05) is 12.1 Å². The molecule has 0 radical (unpaired) electrons. The summed E-state index contributed by atoms with van der Waals surface area (Å²) in [5.41, 5.74) is 8.49. The van der Waals surface area contributed by atoms with E-state index in [0.29, 0.717) is 28.1 Å². The van der Waals surface area contributed by atoms with Crippen LogP contribution in [0.1, 0.15) is 81.8 Å². The number of methoxy groups -OCH3 is 1. The lowest BCUT2D eigenvalue weighted by Crippen LogP contribution is -2.43. The third-order valence-electron chi connectivity index (χ3n) is 5.76. The maximum Gasteiger partial charge on any atom is 0.338 e. The topological polar surface area (TPSA) is 26.3 Å². The lowest BCUT2D eigenvalue weighted by Gasteiger charge is -2.38. The molecular weight excluding hydrogens is 324 g/mol. The lowest BCUT2D eigenvalue weighted by molar-refractivity contribution is 0.0599. The zero-order chi connectivity index (χ0) is 18.8. The highest BCUT2D eigenvalue weighted by Crippen LogP contribution is 2.43. The van der Waals surface area contributed by atoms with Crippen molar-refractivity contribution in [3.8, 4) is 11.5 Å². The number of esters is 1. The molecule has 0 heterocycles. The second-order valence-corrected chi connectivity index (χ2v) is 13.8. The van der Waals surface area contributed by atoms with Gasteiger partial charge in [0.15, 0.2) is 0 Å². The summed E-state index contributed by atoms with van der Waals surface area (Å²) in [5, 5.41) is 0. The van der Waals surface area contributed by atoms with Gasteiger partial charge in [-0.15, -0.1) is 5.54 Å². The van der Waals surface area contributed by atoms with Gasteiger partial charge in [-0.1, -0.05) is 47.5 Å². The van der Waals surface area contributed by atoms with Gasteiger partial charge in [-0.3, -0.25) is 0 Å². The Bertz CT molecular complexity index is 666. The molecule has 1 fully saturated rings. The van der Waals surface area contributed by atoms with Gasteiger partial charge in [-0.2, -0.15) is 0 Å². The first kappa shape index (κ1) is 19.8. The quantitative estimate of drug-likeness (QED) is 0.372. The van der Waals surface area contributed by atoms with Crippen molar-refractivity contribution >= 4 is 14.0 Å². The van der Waals surface area contributed by atoms with Gasteiger partial charge in [0.2, 0.25) is 0 Å². The van der Waals surface area contributed by atoms with E-state index < -0.39 is 8.07 Å². The fourth-order valence-electron chi connectivity index (χ4n) is 4.28. The second-order valence-electron chi connectivity index (χ2n) is 8.21. The first-order valence-corrected chi connectivity index (χ1v) is 11.7. The van der Waals surface area contributed by atoms with Crippen LogP contribution in [0.2, 0.25) is 16.6 Å². The van der Waals surface area contributed by atoms with E-state index in [9.17, 15) is 4.79 Å². The van der Waals surface area contributed by atoms with Crippen LogP contribution in [0, 0.1) is 11.5 Å². The minimum atomic E-state index is -1.73. The predicted molar refractivity (Wildman–Crippen MR) is 108 cm³/mol. The molecule has 2 nitrogen and oxygen atoms in total. The van der Waals surface area contributed by atoms with Crippen molar-refractivity contribution in [2.45, 2.75) is 76.9 Å². The number of carbonyl (C=O) groups excluding carboxylic acids is 1. The largest absolute Gasteiger partial charge is 0.465 e. The van der Waals surface area contributed by atoms with E-state index in [2.05, 4.69) is 59.1 Å². The van der Waals surface area contributed by atoms with Gasteiger partial charge in [0, 0.05) is 5.56 Å². The second kappa shape index (κ2) is 7.79. The van der Waals surface area contributed by atoms with Crippen molar-refractivity contribution in [3.63, 3.8) is 0 Å². The summed E-state index contributed by atoms with van der Waals surface area (Å²) in [6.07, 6.45) is 2.31. The van der Waals surface area contributed by atoms with Crippen LogP contribution >= 0.6 is 0 Å². The molecule has 3 heteroatoms. The van der Waals surface area contributed by atoms with E-state index in [0.717, 1.165) is 24.0 Å². The van der Waals surface area contributed by atoms with Crippen LogP contribution in [0.4, 0.5) is 0 Å². The summed E-state index contributed by atoms with van der Waals surface area (Å²) < 4.78 is 4.94. The van der Waals surface area contributed by atoms with Crippen LogP contribution < -0.4 is 0 Å². The summed E-state index contributed by atoms with van der Waals surface area (Å²) in [5.74, 6) is 3.76. The van der Waals surface area contributed by atoms with Crippen molar-refractivity contribution < 1.29 is 9.53 Å². The number of hydrogen-bond donors (Lipinski definition) is 0. The molecule has 0 saturated heterocycles. The first-order valence-electron chi connectivity index (χ1n) is 9.49. The summed E-state index contributed by atoms with van der Waals surface area (Å²) in [6, 6.07) is 6.00. The molecule has 1 aromatic rings. The van der Waals surface area contributed by atoms with Gasteiger partial charge in [0.25, 0.3) is 0 Å². The molecule has 0 N–H and O–H groups in total. The minimum Gasteiger partial charge on any atom is -0.465 e. The van der Waals surface area contributed by atoms with E-state index in [-0.39, 0.29) is 5.97 Å². The molecular formula is C22H32O2Si. The summed E-state index contributed by atoms with van der Waals surface area (Å²) >= 11 is 0. The Hall–Kier alpha value is -1.53. The zero-order valence-corrected chi connectivity index (χ0v) is 17.8. The molecule has 0 aliphatic heterocycles. The van der Waals surface area contributed by atoms with E-state index in [1.165, 1.54) is 7.11 Å². The van der Waals surface area contributed by atoms with Crippen LogP contribution in [-0.2, 0) is 4.74 Å². The third kappa shape index (κ3) is 4.01. The number of rotatable bonds is 5. The van der Waals surface area contributed by atoms with E-state index in [1.54, 1.807) is 0 Å². The number of benzene rings is 1. The fraction of sp³-hybridized carbons (Fsp3) is 0.591. The summed E-state index contributed by atoms with van der Waals surface area (Å²) in [6.45, 7) is 14.0. The van der Waals surface area contributed by atoms with Gasteiger partial charge in [-0.05, 0) is 59.1 Å². The molecule has 0 aromatic heterocycles. The third-order valence-corrected chi connectivity index (χ3v) is 12.1. The van der Waals surface area contributed by atoms with Crippen molar-refractivity contribution in [1.82, 2.24) is 0 Å². The van der Waals surface area contributed by atoms with Crippen LogP contribution in [0.15, 0.2) is 18.2 Å². The molecule has 1 aromatic carbocycles. The monoisotopic (exact) mass is 356 g/mol. The zero-order valence-electron chi connectivity index (χ0n) is 16.8. The average Bonchev–Trinajstić information content (AvgIpc) is 3.38. The molecule has 0 atom stereocenters. The fourth-order valence-corrected chi connectivity index (χ4v) is 9.51. The maximum atomic E-state index is 12.0. The Morgan fingerprint density at radius 2 is 1.64 bits per heavy atom. The van der Waals surface area contributed by atoms with E-state index in [4.69, 9.17) is 4.74 Å². The van der Waals surface area contributed by atoms with Gasteiger partial charge in [0.05, 0.1) is 12.7 Å². The van der Waals surface area contributed by atoms with Gasteiger partial charge in [0.1, 0.15) is 8.07 Å². The van der Waals surface area contributed by atoms with Crippen LogP contribution in [0.3, 0.4) is 0 Å². The van der Waals surface area contributed by atoms with Crippen molar-refractivity contribution in [2.24, 2.45) is 0 Å². The number of hydrogen-bond acceptors (Lipinski definition) is 2. The smallest absolute Gasteiger partial charge is 0.338 e.